The monoisotopic (exact) mass is 345 g/mol. The molecule has 0 bridgehead atoms. The first kappa shape index (κ1) is 17.5. The molecule has 0 saturated heterocycles. The van der Waals surface area contributed by atoms with Gasteiger partial charge in [-0.3, -0.25) is 9.48 Å². The lowest BCUT2D eigenvalue weighted by Gasteiger charge is -2.04. The van der Waals surface area contributed by atoms with Crippen molar-refractivity contribution in [1.82, 2.24) is 15.1 Å². The van der Waals surface area contributed by atoms with Crippen LogP contribution in [0.2, 0.25) is 0 Å². The van der Waals surface area contributed by atoms with E-state index < -0.39 is 11.9 Å². The fourth-order valence-corrected chi connectivity index (χ4v) is 2.87. The van der Waals surface area contributed by atoms with Gasteiger partial charge in [-0.15, -0.1) is 11.3 Å². The minimum Gasteiger partial charge on any atom is -0.677 e. The summed E-state index contributed by atoms with van der Waals surface area (Å²) in [5.41, 5.74) is 6.38. The molecule has 5 nitrogen and oxygen atoms in total. The summed E-state index contributed by atoms with van der Waals surface area (Å²) in [7, 11) is 1.24. The van der Waals surface area contributed by atoms with E-state index in [1.165, 1.54) is 7.05 Å². The number of carbonyl (C=O) groups is 1. The normalized spacial score (nSPS) is 11.7. The maximum absolute atomic E-state index is 12.8. The maximum atomic E-state index is 12.8. The molecule has 0 aliphatic carbocycles. The number of amides is 1. The third-order valence-electron chi connectivity index (χ3n) is 3.14. The number of hydrogen-bond acceptors (Lipinski definition) is 3. The molecule has 0 unspecified atom stereocenters. The SMILES string of the molecule is Cn1nc(-c2ccc(C(=O)NCCCC[NH-])s2)cc1C(F)(F)F. The highest BCUT2D eigenvalue weighted by Crippen LogP contribution is 2.34. The molecular weight excluding hydrogens is 329 g/mol. The van der Waals surface area contributed by atoms with Crippen LogP contribution in [0.25, 0.3) is 16.3 Å². The van der Waals surface area contributed by atoms with Gasteiger partial charge in [-0.25, -0.2) is 0 Å². The van der Waals surface area contributed by atoms with Gasteiger partial charge in [0.15, 0.2) is 0 Å². The maximum Gasteiger partial charge on any atom is 0.433 e. The molecule has 2 aromatic heterocycles. The van der Waals surface area contributed by atoms with Crippen LogP contribution < -0.4 is 5.32 Å². The van der Waals surface area contributed by atoms with Gasteiger partial charge in [-0.1, -0.05) is 6.42 Å². The summed E-state index contributed by atoms with van der Waals surface area (Å²) in [5.74, 6) is -0.266. The van der Waals surface area contributed by atoms with E-state index in [0.29, 0.717) is 29.3 Å². The number of thiophene rings is 1. The van der Waals surface area contributed by atoms with E-state index in [4.69, 9.17) is 5.73 Å². The first-order valence-corrected chi connectivity index (χ1v) is 7.79. The quantitative estimate of drug-likeness (QED) is 0.810. The average molecular weight is 345 g/mol. The van der Waals surface area contributed by atoms with Crippen molar-refractivity contribution in [2.75, 3.05) is 13.1 Å². The minimum absolute atomic E-state index is 0.193. The summed E-state index contributed by atoms with van der Waals surface area (Å²) < 4.78 is 39.1. The predicted molar refractivity (Wildman–Crippen MR) is 82.3 cm³/mol. The van der Waals surface area contributed by atoms with Gasteiger partial charge in [0.05, 0.1) is 9.75 Å². The van der Waals surface area contributed by atoms with Crippen LogP contribution in [0.4, 0.5) is 13.2 Å². The first-order valence-electron chi connectivity index (χ1n) is 6.97. The standard InChI is InChI=1S/C14H16F3N4OS/c1-21-12(14(15,16)17)8-9(20-21)10-4-5-11(23-10)13(22)19-7-3-2-6-18/h4-5,8,18H,2-3,6-7H2,1H3,(H,19,22)/q-1. The van der Waals surface area contributed by atoms with Crippen LogP contribution >= 0.6 is 11.3 Å². The summed E-state index contributed by atoms with van der Waals surface area (Å²) >= 11 is 1.10. The van der Waals surface area contributed by atoms with Crippen LogP contribution in [0, 0.1) is 0 Å². The van der Waals surface area contributed by atoms with Gasteiger partial charge in [0.2, 0.25) is 0 Å². The number of carbonyl (C=O) groups excluding carboxylic acids is 1. The van der Waals surface area contributed by atoms with Gasteiger partial charge in [-0.05, 0) is 24.6 Å². The number of nitrogens with one attached hydrogen (secondary N) is 2. The summed E-state index contributed by atoms with van der Waals surface area (Å²) in [4.78, 5) is 12.9. The largest absolute Gasteiger partial charge is 0.677 e. The Morgan fingerprint density at radius 1 is 1.39 bits per heavy atom. The zero-order chi connectivity index (χ0) is 17.0. The lowest BCUT2D eigenvalue weighted by Crippen LogP contribution is -2.23. The summed E-state index contributed by atoms with van der Waals surface area (Å²) in [6.45, 7) is 0.799. The average Bonchev–Trinajstić information content (AvgIpc) is 3.09. The first-order chi connectivity index (χ1) is 10.8. The highest BCUT2D eigenvalue weighted by atomic mass is 32.1. The highest BCUT2D eigenvalue weighted by molar-refractivity contribution is 7.17. The fourth-order valence-electron chi connectivity index (χ4n) is 1.99. The molecule has 0 saturated carbocycles. The molecule has 2 N–H and O–H groups in total. The van der Waals surface area contributed by atoms with Crippen molar-refractivity contribution in [3.8, 4) is 10.6 Å². The van der Waals surface area contributed by atoms with E-state index in [1.54, 1.807) is 12.1 Å². The summed E-state index contributed by atoms with van der Waals surface area (Å²) in [5, 5.41) is 6.58. The Balaban J connectivity index is 2.09. The van der Waals surface area contributed by atoms with E-state index in [1.807, 2.05) is 0 Å². The van der Waals surface area contributed by atoms with Gasteiger partial charge < -0.3 is 11.1 Å². The Labute approximate surface area is 135 Å². The van der Waals surface area contributed by atoms with Crippen molar-refractivity contribution < 1.29 is 18.0 Å². The highest BCUT2D eigenvalue weighted by Gasteiger charge is 2.35. The van der Waals surface area contributed by atoms with Crippen LogP contribution in [0.15, 0.2) is 18.2 Å². The number of rotatable bonds is 6. The zero-order valence-corrected chi connectivity index (χ0v) is 13.2. The minimum atomic E-state index is -4.46. The van der Waals surface area contributed by atoms with Crippen molar-refractivity contribution in [3.05, 3.63) is 34.5 Å². The zero-order valence-electron chi connectivity index (χ0n) is 12.4. The van der Waals surface area contributed by atoms with Crippen molar-refractivity contribution in [3.63, 3.8) is 0 Å². The van der Waals surface area contributed by atoms with Crippen LogP contribution in [-0.4, -0.2) is 28.8 Å². The summed E-state index contributed by atoms with van der Waals surface area (Å²) in [6.07, 6.45) is -3.03. The number of aryl methyl sites for hydroxylation is 1. The molecule has 2 rings (SSSR count). The number of hydrogen-bond donors (Lipinski definition) is 1. The van der Waals surface area contributed by atoms with Gasteiger partial charge >= 0.3 is 6.18 Å². The molecule has 2 aromatic rings. The second-order valence-corrected chi connectivity index (χ2v) is 6.00. The number of nitrogens with zero attached hydrogens (tertiary/aromatic N) is 2. The van der Waals surface area contributed by atoms with Crippen LogP contribution in [0.1, 0.15) is 28.2 Å². The number of aromatic nitrogens is 2. The van der Waals surface area contributed by atoms with Crippen molar-refractivity contribution >= 4 is 17.2 Å². The Bertz CT molecular complexity index is 678. The molecule has 0 radical (unpaired) electrons. The third-order valence-corrected chi connectivity index (χ3v) is 4.25. The van der Waals surface area contributed by atoms with Gasteiger partial charge in [0.1, 0.15) is 11.4 Å². The van der Waals surface area contributed by atoms with Crippen LogP contribution in [-0.2, 0) is 13.2 Å². The Hall–Kier alpha value is -1.87. The van der Waals surface area contributed by atoms with Crippen molar-refractivity contribution in [1.29, 1.82) is 0 Å². The molecule has 23 heavy (non-hydrogen) atoms. The molecular formula is C14H16F3N4OS-. The van der Waals surface area contributed by atoms with Gasteiger partial charge in [-0.2, -0.15) is 24.8 Å². The smallest absolute Gasteiger partial charge is 0.433 e. The molecule has 0 spiro atoms. The van der Waals surface area contributed by atoms with E-state index in [2.05, 4.69) is 10.4 Å². The van der Waals surface area contributed by atoms with Gasteiger partial charge in [0, 0.05) is 13.6 Å². The third kappa shape index (κ3) is 4.32. The molecule has 0 fully saturated rings. The van der Waals surface area contributed by atoms with E-state index in [9.17, 15) is 18.0 Å². The number of alkyl halides is 3. The number of unbranched alkanes of at least 4 members (excludes halogenated alkanes) is 1. The Morgan fingerprint density at radius 2 is 2.13 bits per heavy atom. The molecule has 0 aromatic carbocycles. The molecule has 0 aliphatic rings. The summed E-state index contributed by atoms with van der Waals surface area (Å²) in [6, 6.07) is 4.13. The molecule has 9 heteroatoms. The van der Waals surface area contributed by atoms with Crippen molar-refractivity contribution in [2.45, 2.75) is 19.0 Å². The Morgan fingerprint density at radius 3 is 2.74 bits per heavy atom. The Kier molecular flexibility index (Phi) is 5.42. The van der Waals surface area contributed by atoms with E-state index in [0.717, 1.165) is 28.5 Å². The van der Waals surface area contributed by atoms with Gasteiger partial charge in [0.25, 0.3) is 5.91 Å². The van der Waals surface area contributed by atoms with Crippen molar-refractivity contribution in [2.24, 2.45) is 7.05 Å². The topological polar surface area (TPSA) is 70.7 Å². The lowest BCUT2D eigenvalue weighted by atomic mass is 10.3. The lowest BCUT2D eigenvalue weighted by molar-refractivity contribution is -0.143. The molecule has 0 atom stereocenters. The fraction of sp³-hybridized carbons (Fsp3) is 0.429. The van der Waals surface area contributed by atoms with Crippen LogP contribution in [0.3, 0.4) is 0 Å². The number of halogens is 3. The molecule has 126 valence electrons. The molecule has 2 heterocycles. The van der Waals surface area contributed by atoms with E-state index in [-0.39, 0.29) is 11.6 Å². The van der Waals surface area contributed by atoms with Crippen LogP contribution in [0.5, 0.6) is 0 Å². The molecule has 1 amide bonds. The predicted octanol–water partition coefficient (Wildman–Crippen LogP) is 3.73. The molecule has 0 aliphatic heterocycles. The van der Waals surface area contributed by atoms with E-state index >= 15 is 0 Å². The second kappa shape index (κ2) is 7.14. The second-order valence-electron chi connectivity index (χ2n) is 4.91.